The van der Waals surface area contributed by atoms with E-state index in [1.807, 2.05) is 0 Å². The Labute approximate surface area is 90.5 Å². The van der Waals surface area contributed by atoms with Crippen molar-refractivity contribution in [1.82, 2.24) is 0 Å². The van der Waals surface area contributed by atoms with Crippen LogP contribution in [0.2, 0.25) is 0 Å². The summed E-state index contributed by atoms with van der Waals surface area (Å²) in [6, 6.07) is 0. The zero-order valence-corrected chi connectivity index (χ0v) is 9.85. The summed E-state index contributed by atoms with van der Waals surface area (Å²) in [4.78, 5) is 10.7. The molecule has 0 spiro atoms. The second-order valence-electron chi connectivity index (χ2n) is 4.11. The van der Waals surface area contributed by atoms with Crippen molar-refractivity contribution < 1.29 is 9.90 Å². The normalized spacial score (nSPS) is 29.9. The molecule has 1 aliphatic rings. The Balaban J connectivity index is 2.44. The number of rotatable bonds is 4. The Bertz CT molecular complexity index is 194. The third kappa shape index (κ3) is 3.19. The van der Waals surface area contributed by atoms with Crippen LogP contribution < -0.4 is 0 Å². The molecule has 0 amide bonds. The van der Waals surface area contributed by atoms with Gasteiger partial charge in [0.1, 0.15) is 0 Å². The standard InChI is InChI=1S/C11H20O2S/c1-3-9-6-4-5-7-10(9)14-8(2)11(12)13/h8-10H,3-7H2,1-2H3,(H,12,13). The van der Waals surface area contributed by atoms with Gasteiger partial charge < -0.3 is 5.11 Å². The van der Waals surface area contributed by atoms with Crippen LogP contribution >= 0.6 is 11.8 Å². The molecule has 0 aliphatic heterocycles. The molecule has 1 fully saturated rings. The second-order valence-corrected chi connectivity index (χ2v) is 5.69. The van der Waals surface area contributed by atoms with Crippen molar-refractivity contribution in [2.45, 2.75) is 56.5 Å². The molecule has 0 saturated heterocycles. The van der Waals surface area contributed by atoms with E-state index in [1.165, 1.54) is 32.1 Å². The van der Waals surface area contributed by atoms with Crippen molar-refractivity contribution >= 4 is 17.7 Å². The van der Waals surface area contributed by atoms with E-state index in [0.717, 1.165) is 5.92 Å². The fourth-order valence-corrected chi connectivity index (χ4v) is 3.63. The number of aliphatic carboxylic acids is 1. The van der Waals surface area contributed by atoms with Gasteiger partial charge in [0.05, 0.1) is 5.25 Å². The maximum Gasteiger partial charge on any atom is 0.316 e. The first kappa shape index (κ1) is 11.9. The van der Waals surface area contributed by atoms with Crippen LogP contribution in [0.5, 0.6) is 0 Å². The summed E-state index contributed by atoms with van der Waals surface area (Å²) in [5, 5.41) is 9.19. The van der Waals surface area contributed by atoms with E-state index in [9.17, 15) is 4.79 Å². The third-order valence-corrected chi connectivity index (χ3v) is 4.67. The van der Waals surface area contributed by atoms with Crippen LogP contribution in [0.25, 0.3) is 0 Å². The van der Waals surface area contributed by atoms with Gasteiger partial charge in [-0.05, 0) is 25.7 Å². The summed E-state index contributed by atoms with van der Waals surface area (Å²) in [7, 11) is 0. The van der Waals surface area contributed by atoms with Gasteiger partial charge in [0, 0.05) is 5.25 Å². The van der Waals surface area contributed by atoms with E-state index in [0.29, 0.717) is 5.25 Å². The van der Waals surface area contributed by atoms with Gasteiger partial charge in [-0.25, -0.2) is 0 Å². The fraction of sp³-hybridized carbons (Fsp3) is 0.909. The molecule has 82 valence electrons. The molecule has 1 N–H and O–H groups in total. The topological polar surface area (TPSA) is 37.3 Å². The summed E-state index contributed by atoms with van der Waals surface area (Å²) in [5.41, 5.74) is 0. The van der Waals surface area contributed by atoms with Crippen molar-refractivity contribution in [2.24, 2.45) is 5.92 Å². The van der Waals surface area contributed by atoms with E-state index in [4.69, 9.17) is 5.11 Å². The monoisotopic (exact) mass is 216 g/mol. The van der Waals surface area contributed by atoms with Crippen LogP contribution in [0.1, 0.15) is 46.0 Å². The number of hydrogen-bond donors (Lipinski definition) is 1. The lowest BCUT2D eigenvalue weighted by Crippen LogP contribution is -2.25. The van der Waals surface area contributed by atoms with Gasteiger partial charge >= 0.3 is 5.97 Å². The minimum absolute atomic E-state index is 0.243. The average molecular weight is 216 g/mol. The van der Waals surface area contributed by atoms with Crippen LogP contribution in [0.4, 0.5) is 0 Å². The van der Waals surface area contributed by atoms with Gasteiger partial charge in [-0.3, -0.25) is 4.79 Å². The summed E-state index contributed by atoms with van der Waals surface area (Å²) in [6.07, 6.45) is 6.31. The molecule has 3 atom stereocenters. The van der Waals surface area contributed by atoms with Gasteiger partial charge in [0.2, 0.25) is 0 Å². The maximum absolute atomic E-state index is 10.7. The Morgan fingerprint density at radius 2 is 2.14 bits per heavy atom. The van der Waals surface area contributed by atoms with Crippen LogP contribution in [-0.2, 0) is 4.79 Å². The average Bonchev–Trinajstić information content (AvgIpc) is 2.18. The summed E-state index contributed by atoms with van der Waals surface area (Å²) in [5.74, 6) is 0.0750. The number of hydrogen-bond acceptors (Lipinski definition) is 2. The SMILES string of the molecule is CCC1CCCCC1SC(C)C(=O)O. The zero-order valence-electron chi connectivity index (χ0n) is 9.03. The quantitative estimate of drug-likeness (QED) is 0.784. The highest BCUT2D eigenvalue weighted by Gasteiger charge is 2.27. The lowest BCUT2D eigenvalue weighted by molar-refractivity contribution is -0.136. The summed E-state index contributed by atoms with van der Waals surface area (Å²) in [6.45, 7) is 4.02. The molecular weight excluding hydrogens is 196 g/mol. The fourth-order valence-electron chi connectivity index (χ4n) is 2.14. The number of carboxylic acid groups (broad SMARTS) is 1. The Kier molecular flexibility index (Phi) is 4.79. The molecule has 0 bridgehead atoms. The molecule has 1 rings (SSSR count). The molecule has 1 aliphatic carbocycles. The number of carbonyl (C=O) groups is 1. The van der Waals surface area contributed by atoms with Gasteiger partial charge in [0.15, 0.2) is 0 Å². The van der Waals surface area contributed by atoms with E-state index in [-0.39, 0.29) is 5.25 Å². The van der Waals surface area contributed by atoms with Gasteiger partial charge in [-0.15, -0.1) is 11.8 Å². The molecule has 2 nitrogen and oxygen atoms in total. The highest BCUT2D eigenvalue weighted by Crippen LogP contribution is 2.37. The van der Waals surface area contributed by atoms with Gasteiger partial charge in [-0.1, -0.05) is 26.2 Å². The lowest BCUT2D eigenvalue weighted by Gasteiger charge is -2.31. The number of carboxylic acids is 1. The molecule has 0 aromatic heterocycles. The molecule has 0 aromatic rings. The molecule has 0 heterocycles. The van der Waals surface area contributed by atoms with Crippen molar-refractivity contribution in [1.29, 1.82) is 0 Å². The largest absolute Gasteiger partial charge is 0.480 e. The highest BCUT2D eigenvalue weighted by atomic mass is 32.2. The Morgan fingerprint density at radius 1 is 1.50 bits per heavy atom. The third-order valence-electron chi connectivity index (χ3n) is 3.09. The van der Waals surface area contributed by atoms with Gasteiger partial charge in [-0.2, -0.15) is 0 Å². The van der Waals surface area contributed by atoms with Crippen molar-refractivity contribution in [3.8, 4) is 0 Å². The minimum atomic E-state index is -0.671. The Morgan fingerprint density at radius 3 is 2.71 bits per heavy atom. The zero-order chi connectivity index (χ0) is 10.6. The highest BCUT2D eigenvalue weighted by molar-refractivity contribution is 8.01. The van der Waals surface area contributed by atoms with Crippen LogP contribution in [0.15, 0.2) is 0 Å². The van der Waals surface area contributed by atoms with Crippen molar-refractivity contribution in [3.05, 3.63) is 0 Å². The van der Waals surface area contributed by atoms with E-state index in [2.05, 4.69) is 6.92 Å². The molecule has 1 saturated carbocycles. The van der Waals surface area contributed by atoms with E-state index < -0.39 is 5.97 Å². The maximum atomic E-state index is 10.7. The smallest absolute Gasteiger partial charge is 0.316 e. The predicted octanol–water partition coefficient (Wildman–Crippen LogP) is 3.16. The van der Waals surface area contributed by atoms with Crippen molar-refractivity contribution in [2.75, 3.05) is 0 Å². The Hall–Kier alpha value is -0.180. The molecule has 14 heavy (non-hydrogen) atoms. The first-order valence-corrected chi connectivity index (χ1v) is 6.47. The van der Waals surface area contributed by atoms with Crippen molar-refractivity contribution in [3.63, 3.8) is 0 Å². The van der Waals surface area contributed by atoms with Crippen LogP contribution in [0.3, 0.4) is 0 Å². The molecular formula is C11H20O2S. The predicted molar refractivity (Wildman–Crippen MR) is 60.7 cm³/mol. The molecule has 3 heteroatoms. The summed E-state index contributed by atoms with van der Waals surface area (Å²) >= 11 is 1.66. The summed E-state index contributed by atoms with van der Waals surface area (Å²) < 4.78 is 0. The minimum Gasteiger partial charge on any atom is -0.480 e. The van der Waals surface area contributed by atoms with E-state index >= 15 is 0 Å². The second kappa shape index (κ2) is 5.64. The number of thioether (sulfide) groups is 1. The van der Waals surface area contributed by atoms with E-state index in [1.54, 1.807) is 18.7 Å². The van der Waals surface area contributed by atoms with Gasteiger partial charge in [0.25, 0.3) is 0 Å². The van der Waals surface area contributed by atoms with Crippen LogP contribution in [-0.4, -0.2) is 21.6 Å². The lowest BCUT2D eigenvalue weighted by atomic mass is 9.87. The molecule has 0 radical (unpaired) electrons. The van der Waals surface area contributed by atoms with Crippen LogP contribution in [0, 0.1) is 5.92 Å². The molecule has 3 unspecified atom stereocenters. The molecule has 0 aromatic carbocycles. The first-order valence-electron chi connectivity index (χ1n) is 5.53. The first-order chi connectivity index (χ1) is 6.65.